The van der Waals surface area contributed by atoms with Crippen molar-refractivity contribution >= 4 is 50.1 Å². The molecule has 0 saturated carbocycles. The average molecular weight is 564 g/mol. The van der Waals surface area contributed by atoms with E-state index in [0.29, 0.717) is 28.2 Å². The molecule has 3 aromatic heterocycles. The van der Waals surface area contributed by atoms with E-state index in [1.54, 1.807) is 16.6 Å². The standard InChI is InChI=1S/C26H26FN9OS2/c1-34-12-14-35(15-13-34)11-10-28-24(37)30-25-29-21-7-6-19(16-22(21)39-25)38-26-32-31-23-9-8-20(33-36(23)26)17-2-4-18(27)5-3-17/h2-9,16H,10-15H2,1H3,(H2,28,29,30,37). The Morgan fingerprint density at radius 3 is 2.69 bits per heavy atom. The smallest absolute Gasteiger partial charge is 0.321 e. The minimum absolute atomic E-state index is 0.254. The van der Waals surface area contributed by atoms with Crippen LogP contribution in [0.3, 0.4) is 0 Å². The van der Waals surface area contributed by atoms with Gasteiger partial charge < -0.3 is 10.2 Å². The molecule has 10 nitrogen and oxygen atoms in total. The number of halogens is 1. The number of urea groups is 1. The van der Waals surface area contributed by atoms with Gasteiger partial charge in [-0.1, -0.05) is 11.3 Å². The van der Waals surface area contributed by atoms with E-state index in [2.05, 4.69) is 47.8 Å². The number of nitrogens with one attached hydrogen (secondary N) is 2. The predicted octanol–water partition coefficient (Wildman–Crippen LogP) is 4.06. The third-order valence-corrected chi connectivity index (χ3v) is 8.33. The molecule has 0 bridgehead atoms. The fraction of sp³-hybridized carbons (Fsp3) is 0.269. The summed E-state index contributed by atoms with van der Waals surface area (Å²) in [5.41, 5.74) is 2.92. The molecule has 39 heavy (non-hydrogen) atoms. The van der Waals surface area contributed by atoms with Crippen molar-refractivity contribution in [3.8, 4) is 11.3 Å². The monoisotopic (exact) mass is 563 g/mol. The molecule has 6 rings (SSSR count). The highest BCUT2D eigenvalue weighted by Gasteiger charge is 2.15. The van der Waals surface area contributed by atoms with Gasteiger partial charge in [0.25, 0.3) is 0 Å². The number of hydrogen-bond donors (Lipinski definition) is 2. The zero-order chi connectivity index (χ0) is 26.8. The number of benzene rings is 2. The summed E-state index contributed by atoms with van der Waals surface area (Å²) in [7, 11) is 2.13. The third-order valence-electron chi connectivity index (χ3n) is 6.47. The van der Waals surface area contributed by atoms with Gasteiger partial charge in [0.1, 0.15) is 5.82 Å². The number of fused-ring (bicyclic) bond motifs is 2. The number of hydrogen-bond acceptors (Lipinski definition) is 9. The summed E-state index contributed by atoms with van der Waals surface area (Å²) in [5, 5.41) is 20.1. The van der Waals surface area contributed by atoms with Crippen LogP contribution in [-0.2, 0) is 0 Å². The Balaban J connectivity index is 1.11. The summed E-state index contributed by atoms with van der Waals surface area (Å²) in [6.45, 7) is 5.57. The van der Waals surface area contributed by atoms with Crippen LogP contribution >= 0.6 is 23.1 Å². The van der Waals surface area contributed by atoms with Crippen molar-refractivity contribution in [1.82, 2.24) is 39.9 Å². The van der Waals surface area contributed by atoms with Crippen LogP contribution in [0, 0.1) is 5.82 Å². The first-order valence-corrected chi connectivity index (χ1v) is 14.2. The van der Waals surface area contributed by atoms with Crippen molar-refractivity contribution in [3.05, 3.63) is 60.4 Å². The molecule has 0 unspecified atom stereocenters. The van der Waals surface area contributed by atoms with Gasteiger partial charge in [-0.25, -0.2) is 14.2 Å². The number of anilines is 1. The molecule has 0 atom stereocenters. The Kier molecular flexibility index (Phi) is 7.37. The second kappa shape index (κ2) is 11.2. The summed E-state index contributed by atoms with van der Waals surface area (Å²) in [6.07, 6.45) is 0. The van der Waals surface area contributed by atoms with E-state index in [0.717, 1.165) is 53.4 Å². The third kappa shape index (κ3) is 6.01. The van der Waals surface area contributed by atoms with Gasteiger partial charge in [-0.3, -0.25) is 10.2 Å². The Labute approximate surface area is 232 Å². The molecule has 200 valence electrons. The molecule has 0 aliphatic carbocycles. The van der Waals surface area contributed by atoms with Gasteiger partial charge in [0.15, 0.2) is 10.8 Å². The lowest BCUT2D eigenvalue weighted by Crippen LogP contribution is -2.47. The van der Waals surface area contributed by atoms with Crippen molar-refractivity contribution < 1.29 is 9.18 Å². The van der Waals surface area contributed by atoms with Crippen molar-refractivity contribution in [2.75, 3.05) is 51.6 Å². The van der Waals surface area contributed by atoms with Gasteiger partial charge in [-0.15, -0.1) is 10.2 Å². The molecule has 1 saturated heterocycles. The number of carbonyl (C=O) groups is 1. The Morgan fingerprint density at radius 1 is 1.05 bits per heavy atom. The van der Waals surface area contributed by atoms with Crippen LogP contribution in [0.1, 0.15) is 0 Å². The Morgan fingerprint density at radius 2 is 1.87 bits per heavy atom. The van der Waals surface area contributed by atoms with Crippen molar-refractivity contribution in [2.24, 2.45) is 0 Å². The van der Waals surface area contributed by atoms with Crippen LogP contribution < -0.4 is 10.6 Å². The zero-order valence-electron chi connectivity index (χ0n) is 21.2. The second-order valence-electron chi connectivity index (χ2n) is 9.25. The molecular weight excluding hydrogens is 537 g/mol. The average Bonchev–Trinajstić information content (AvgIpc) is 3.53. The first-order chi connectivity index (χ1) is 19.0. The van der Waals surface area contributed by atoms with Crippen LogP contribution in [-0.4, -0.2) is 86.9 Å². The SMILES string of the molecule is CN1CCN(CCNC(=O)Nc2nc3ccc(Sc4nnc5ccc(-c6ccc(F)cc6)nn45)cc3s2)CC1. The van der Waals surface area contributed by atoms with E-state index in [1.807, 2.05) is 30.3 Å². The lowest BCUT2D eigenvalue weighted by Gasteiger charge is -2.32. The molecule has 4 heterocycles. The highest BCUT2D eigenvalue weighted by atomic mass is 32.2. The fourth-order valence-electron chi connectivity index (χ4n) is 4.28. The number of likely N-dealkylation sites (N-methyl/N-ethyl adjacent to an activating group) is 1. The van der Waals surface area contributed by atoms with E-state index in [-0.39, 0.29) is 11.8 Å². The first kappa shape index (κ1) is 25.6. The van der Waals surface area contributed by atoms with Crippen LogP contribution in [0.15, 0.2) is 64.6 Å². The van der Waals surface area contributed by atoms with E-state index in [1.165, 1.54) is 35.2 Å². The zero-order valence-corrected chi connectivity index (χ0v) is 22.8. The molecule has 5 aromatic rings. The first-order valence-electron chi connectivity index (χ1n) is 12.5. The quantitative estimate of drug-likeness (QED) is 0.306. The van der Waals surface area contributed by atoms with Crippen molar-refractivity contribution in [1.29, 1.82) is 0 Å². The number of amides is 2. The Bertz CT molecular complexity index is 1610. The number of nitrogens with zero attached hydrogens (tertiary/aromatic N) is 7. The maximum absolute atomic E-state index is 13.3. The topological polar surface area (TPSA) is 104 Å². The van der Waals surface area contributed by atoms with Crippen LogP contribution in [0.25, 0.3) is 27.1 Å². The summed E-state index contributed by atoms with van der Waals surface area (Å²) in [6, 6.07) is 15.5. The van der Waals surface area contributed by atoms with Crippen LogP contribution in [0.5, 0.6) is 0 Å². The number of aromatic nitrogens is 5. The summed E-state index contributed by atoms with van der Waals surface area (Å²) in [5.74, 6) is -0.293. The number of piperazine rings is 1. The van der Waals surface area contributed by atoms with Crippen molar-refractivity contribution in [3.63, 3.8) is 0 Å². The predicted molar refractivity (Wildman–Crippen MR) is 151 cm³/mol. The lowest BCUT2D eigenvalue weighted by molar-refractivity contribution is 0.155. The normalized spacial score (nSPS) is 14.7. The fourth-order valence-corrected chi connectivity index (χ4v) is 6.08. The van der Waals surface area contributed by atoms with Crippen LogP contribution in [0.2, 0.25) is 0 Å². The molecule has 0 spiro atoms. The van der Waals surface area contributed by atoms with Gasteiger partial charge in [-0.05, 0) is 73.4 Å². The van der Waals surface area contributed by atoms with Gasteiger partial charge in [-0.2, -0.15) is 9.61 Å². The molecular formula is C26H26FN9OS2. The molecule has 1 fully saturated rings. The van der Waals surface area contributed by atoms with Crippen molar-refractivity contribution in [2.45, 2.75) is 10.1 Å². The van der Waals surface area contributed by atoms with E-state index >= 15 is 0 Å². The van der Waals surface area contributed by atoms with E-state index in [9.17, 15) is 9.18 Å². The van der Waals surface area contributed by atoms with Gasteiger partial charge in [0.2, 0.25) is 5.16 Å². The van der Waals surface area contributed by atoms with Gasteiger partial charge in [0.05, 0.1) is 15.9 Å². The molecule has 2 amide bonds. The van der Waals surface area contributed by atoms with E-state index < -0.39 is 0 Å². The van der Waals surface area contributed by atoms with Gasteiger partial charge >= 0.3 is 6.03 Å². The highest BCUT2D eigenvalue weighted by Crippen LogP contribution is 2.33. The van der Waals surface area contributed by atoms with Crippen LogP contribution in [0.4, 0.5) is 14.3 Å². The minimum Gasteiger partial charge on any atom is -0.337 e. The summed E-state index contributed by atoms with van der Waals surface area (Å²) >= 11 is 2.85. The molecule has 2 N–H and O–H groups in total. The minimum atomic E-state index is -0.293. The number of thiazole rings is 1. The summed E-state index contributed by atoms with van der Waals surface area (Å²) in [4.78, 5) is 22.6. The largest absolute Gasteiger partial charge is 0.337 e. The van der Waals surface area contributed by atoms with Gasteiger partial charge in [0, 0.05) is 49.7 Å². The second-order valence-corrected chi connectivity index (χ2v) is 11.3. The maximum Gasteiger partial charge on any atom is 0.321 e. The number of rotatable bonds is 7. The molecule has 2 aromatic carbocycles. The number of carbonyl (C=O) groups excluding carboxylic acids is 1. The maximum atomic E-state index is 13.3. The molecule has 13 heteroatoms. The lowest BCUT2D eigenvalue weighted by atomic mass is 10.1. The Hall–Kier alpha value is -3.65. The molecule has 1 aliphatic heterocycles. The molecule has 1 aliphatic rings. The molecule has 0 radical (unpaired) electrons. The highest BCUT2D eigenvalue weighted by molar-refractivity contribution is 7.99. The van der Waals surface area contributed by atoms with E-state index in [4.69, 9.17) is 0 Å². The summed E-state index contributed by atoms with van der Waals surface area (Å²) < 4.78 is 16.0.